The van der Waals surface area contributed by atoms with Crippen molar-refractivity contribution in [1.29, 1.82) is 0 Å². The van der Waals surface area contributed by atoms with Crippen LogP contribution in [0.2, 0.25) is 0 Å². The van der Waals surface area contributed by atoms with E-state index in [1.807, 2.05) is 0 Å². The zero-order valence-electron chi connectivity index (χ0n) is 11.0. The SMILES string of the molecule is CCC(O)(Cc1cccc(F)c1Br)c1ccccc1F. The van der Waals surface area contributed by atoms with Gasteiger partial charge in [0.25, 0.3) is 0 Å². The van der Waals surface area contributed by atoms with E-state index in [2.05, 4.69) is 15.9 Å². The highest BCUT2D eigenvalue weighted by atomic mass is 79.9. The van der Waals surface area contributed by atoms with Crippen LogP contribution >= 0.6 is 15.9 Å². The fourth-order valence-corrected chi connectivity index (χ4v) is 2.65. The van der Waals surface area contributed by atoms with E-state index < -0.39 is 17.2 Å². The standard InChI is InChI=1S/C16H15BrF2O/c1-2-16(20,12-7-3-4-8-13(12)18)10-11-6-5-9-14(19)15(11)17/h3-9,20H,2,10H2,1H3. The van der Waals surface area contributed by atoms with Crippen LogP contribution in [0.3, 0.4) is 0 Å². The van der Waals surface area contributed by atoms with Crippen LogP contribution in [0.25, 0.3) is 0 Å². The third-order valence-corrected chi connectivity index (χ3v) is 4.36. The van der Waals surface area contributed by atoms with E-state index in [9.17, 15) is 13.9 Å². The number of rotatable bonds is 4. The molecule has 1 atom stereocenters. The van der Waals surface area contributed by atoms with Gasteiger partial charge in [0.15, 0.2) is 0 Å². The van der Waals surface area contributed by atoms with Gasteiger partial charge in [-0.25, -0.2) is 8.78 Å². The summed E-state index contributed by atoms with van der Waals surface area (Å²) >= 11 is 3.17. The summed E-state index contributed by atoms with van der Waals surface area (Å²) in [6, 6.07) is 10.8. The van der Waals surface area contributed by atoms with Gasteiger partial charge in [0.2, 0.25) is 0 Å². The first kappa shape index (κ1) is 15.1. The molecule has 0 heterocycles. The summed E-state index contributed by atoms with van der Waals surface area (Å²) in [7, 11) is 0. The van der Waals surface area contributed by atoms with Crippen LogP contribution in [-0.2, 0) is 12.0 Å². The second-order valence-electron chi connectivity index (χ2n) is 4.75. The van der Waals surface area contributed by atoms with Crippen LogP contribution < -0.4 is 0 Å². The summed E-state index contributed by atoms with van der Waals surface area (Å²) in [5.41, 5.74) is -0.516. The van der Waals surface area contributed by atoms with Gasteiger partial charge < -0.3 is 5.11 Å². The third-order valence-electron chi connectivity index (χ3n) is 3.47. The monoisotopic (exact) mass is 340 g/mol. The van der Waals surface area contributed by atoms with Crippen molar-refractivity contribution in [3.63, 3.8) is 0 Å². The van der Waals surface area contributed by atoms with Gasteiger partial charge in [-0.1, -0.05) is 37.3 Å². The number of hydrogen-bond donors (Lipinski definition) is 1. The number of aliphatic hydroxyl groups is 1. The largest absolute Gasteiger partial charge is 0.385 e. The van der Waals surface area contributed by atoms with Crippen molar-refractivity contribution in [2.75, 3.05) is 0 Å². The molecule has 1 N–H and O–H groups in total. The molecule has 2 aromatic carbocycles. The maximum absolute atomic E-state index is 13.9. The van der Waals surface area contributed by atoms with Crippen molar-refractivity contribution in [2.45, 2.75) is 25.4 Å². The smallest absolute Gasteiger partial charge is 0.137 e. The minimum atomic E-state index is -1.36. The molecule has 0 saturated heterocycles. The fraction of sp³-hybridized carbons (Fsp3) is 0.250. The Morgan fingerprint density at radius 1 is 1.05 bits per heavy atom. The highest BCUT2D eigenvalue weighted by molar-refractivity contribution is 9.10. The van der Waals surface area contributed by atoms with Gasteiger partial charge in [0.1, 0.15) is 11.6 Å². The molecular formula is C16H15BrF2O. The van der Waals surface area contributed by atoms with Crippen molar-refractivity contribution in [2.24, 2.45) is 0 Å². The molecule has 0 bridgehead atoms. The molecule has 0 fully saturated rings. The predicted molar refractivity (Wildman–Crippen MR) is 78.4 cm³/mol. The Labute approximate surface area is 125 Å². The quantitative estimate of drug-likeness (QED) is 0.864. The minimum absolute atomic E-state index is 0.142. The lowest BCUT2D eigenvalue weighted by Gasteiger charge is -2.28. The van der Waals surface area contributed by atoms with E-state index in [1.54, 1.807) is 37.3 Å². The summed E-state index contributed by atoms with van der Waals surface area (Å²) < 4.78 is 27.8. The van der Waals surface area contributed by atoms with E-state index in [1.165, 1.54) is 12.1 Å². The Bertz CT molecular complexity index is 615. The van der Waals surface area contributed by atoms with E-state index >= 15 is 0 Å². The Morgan fingerprint density at radius 2 is 1.70 bits per heavy atom. The van der Waals surface area contributed by atoms with Gasteiger partial charge in [-0.2, -0.15) is 0 Å². The van der Waals surface area contributed by atoms with Crippen LogP contribution in [0.4, 0.5) is 8.78 Å². The van der Waals surface area contributed by atoms with Gasteiger partial charge in [0.05, 0.1) is 10.1 Å². The van der Waals surface area contributed by atoms with Crippen molar-refractivity contribution in [1.82, 2.24) is 0 Å². The first-order chi connectivity index (χ1) is 9.48. The highest BCUT2D eigenvalue weighted by Crippen LogP contribution is 2.33. The van der Waals surface area contributed by atoms with Crippen LogP contribution in [0.5, 0.6) is 0 Å². The van der Waals surface area contributed by atoms with Gasteiger partial charge in [-0.05, 0) is 40.0 Å². The molecule has 1 nitrogen and oxygen atoms in total. The first-order valence-corrected chi connectivity index (χ1v) is 7.17. The molecule has 0 spiro atoms. The third kappa shape index (κ3) is 2.91. The predicted octanol–water partition coefficient (Wildman–Crippen LogP) is 4.57. The lowest BCUT2D eigenvalue weighted by Crippen LogP contribution is -2.29. The molecule has 0 aromatic heterocycles. The molecule has 106 valence electrons. The normalized spacial score (nSPS) is 14.1. The number of hydrogen-bond acceptors (Lipinski definition) is 1. The van der Waals surface area contributed by atoms with E-state index in [4.69, 9.17) is 0 Å². The summed E-state index contributed by atoms with van der Waals surface area (Å²) in [5.74, 6) is -0.848. The second-order valence-corrected chi connectivity index (χ2v) is 5.55. The summed E-state index contributed by atoms with van der Waals surface area (Å²) in [6.45, 7) is 1.78. The molecule has 0 radical (unpaired) electrons. The Balaban J connectivity index is 2.42. The van der Waals surface area contributed by atoms with Crippen LogP contribution in [0.15, 0.2) is 46.9 Å². The van der Waals surface area contributed by atoms with Gasteiger partial charge in [0, 0.05) is 12.0 Å². The summed E-state index contributed by atoms with van der Waals surface area (Å²) in [4.78, 5) is 0. The number of benzene rings is 2. The zero-order chi connectivity index (χ0) is 14.8. The van der Waals surface area contributed by atoms with Gasteiger partial charge in [-0.3, -0.25) is 0 Å². The van der Waals surface area contributed by atoms with Gasteiger partial charge in [-0.15, -0.1) is 0 Å². The van der Waals surface area contributed by atoms with E-state index in [0.717, 1.165) is 0 Å². The van der Waals surface area contributed by atoms with Crippen molar-refractivity contribution < 1.29 is 13.9 Å². The average Bonchev–Trinajstić information content (AvgIpc) is 2.44. The van der Waals surface area contributed by atoms with Crippen LogP contribution in [0.1, 0.15) is 24.5 Å². The van der Waals surface area contributed by atoms with Crippen LogP contribution in [0, 0.1) is 11.6 Å². The average molecular weight is 341 g/mol. The Kier molecular flexibility index (Phi) is 4.55. The summed E-state index contributed by atoms with van der Waals surface area (Å²) in [6.07, 6.45) is 0.472. The molecule has 0 aliphatic heterocycles. The molecule has 1 unspecified atom stereocenters. The topological polar surface area (TPSA) is 20.2 Å². The molecule has 0 amide bonds. The molecule has 0 saturated carbocycles. The molecule has 4 heteroatoms. The van der Waals surface area contributed by atoms with Crippen molar-refractivity contribution in [3.8, 4) is 0 Å². The lowest BCUT2D eigenvalue weighted by molar-refractivity contribution is 0.0289. The Morgan fingerprint density at radius 3 is 2.35 bits per heavy atom. The zero-order valence-corrected chi connectivity index (χ0v) is 12.6. The molecular weight excluding hydrogens is 326 g/mol. The highest BCUT2D eigenvalue weighted by Gasteiger charge is 2.31. The lowest BCUT2D eigenvalue weighted by atomic mass is 9.85. The molecule has 2 aromatic rings. The minimum Gasteiger partial charge on any atom is -0.385 e. The molecule has 20 heavy (non-hydrogen) atoms. The first-order valence-electron chi connectivity index (χ1n) is 6.38. The van der Waals surface area contributed by atoms with Crippen LogP contribution in [-0.4, -0.2) is 5.11 Å². The Hall–Kier alpha value is -1.26. The maximum atomic E-state index is 13.9. The molecule has 0 aliphatic carbocycles. The van der Waals surface area contributed by atoms with E-state index in [0.29, 0.717) is 16.5 Å². The van der Waals surface area contributed by atoms with Crippen molar-refractivity contribution in [3.05, 3.63) is 69.7 Å². The van der Waals surface area contributed by atoms with Gasteiger partial charge >= 0.3 is 0 Å². The second kappa shape index (κ2) is 6.02. The maximum Gasteiger partial charge on any atom is 0.137 e. The molecule has 0 aliphatic rings. The number of halogens is 3. The van der Waals surface area contributed by atoms with E-state index in [-0.39, 0.29) is 12.0 Å². The molecule has 2 rings (SSSR count). The van der Waals surface area contributed by atoms with Crippen molar-refractivity contribution >= 4 is 15.9 Å². The fourth-order valence-electron chi connectivity index (χ4n) is 2.25. The summed E-state index contributed by atoms with van der Waals surface area (Å²) in [5, 5.41) is 10.8.